The number of hydrogen-bond acceptors (Lipinski definition) is 3. The summed E-state index contributed by atoms with van der Waals surface area (Å²) in [7, 11) is -3.80. The fourth-order valence-corrected chi connectivity index (χ4v) is 2.75. The van der Waals surface area contributed by atoms with Crippen molar-refractivity contribution in [3.8, 4) is 0 Å². The average molecular weight is 339 g/mol. The highest BCUT2D eigenvalue weighted by atomic mass is 35.5. The topological polar surface area (TPSA) is 75.3 Å². The van der Waals surface area contributed by atoms with Crippen molar-refractivity contribution in [3.05, 3.63) is 65.2 Å². The van der Waals surface area contributed by atoms with Crippen LogP contribution in [0.3, 0.4) is 0 Å². The molecule has 0 bridgehead atoms. The summed E-state index contributed by atoms with van der Waals surface area (Å²) in [5.74, 6) is -0.401. The van der Waals surface area contributed by atoms with Crippen molar-refractivity contribution in [3.63, 3.8) is 0 Å². The van der Waals surface area contributed by atoms with E-state index < -0.39 is 15.9 Å². The molecule has 2 aromatic rings. The van der Waals surface area contributed by atoms with Gasteiger partial charge >= 0.3 is 0 Å². The lowest BCUT2D eigenvalue weighted by atomic mass is 10.1. The van der Waals surface area contributed by atoms with Gasteiger partial charge in [0.25, 0.3) is 10.0 Å². The molecule has 0 atom stereocenters. The Morgan fingerprint density at radius 3 is 2.27 bits per heavy atom. The molecule has 0 fully saturated rings. The minimum absolute atomic E-state index is 0.0280. The minimum atomic E-state index is -3.80. The van der Waals surface area contributed by atoms with Crippen molar-refractivity contribution in [1.29, 1.82) is 0 Å². The normalized spacial score (nSPS) is 11.1. The third kappa shape index (κ3) is 4.84. The minimum Gasteiger partial charge on any atom is -0.278 e. The number of hydrazine groups is 1. The van der Waals surface area contributed by atoms with E-state index >= 15 is 0 Å². The van der Waals surface area contributed by atoms with Crippen molar-refractivity contribution in [2.24, 2.45) is 0 Å². The Balaban J connectivity index is 1.86. The molecule has 1 amide bonds. The Labute approximate surface area is 134 Å². The number of amides is 1. The van der Waals surface area contributed by atoms with Crippen LogP contribution >= 0.6 is 11.6 Å². The Bertz CT molecular complexity index is 731. The molecule has 2 N–H and O–H groups in total. The van der Waals surface area contributed by atoms with Crippen LogP contribution < -0.4 is 10.3 Å². The van der Waals surface area contributed by atoms with Crippen LogP contribution in [0.4, 0.5) is 0 Å². The predicted octanol–water partition coefficient (Wildman–Crippen LogP) is 2.28. The SMILES string of the molecule is O=C(CCc1ccccc1)NNS(=O)(=O)c1ccc(Cl)cc1. The predicted molar refractivity (Wildman–Crippen MR) is 84.7 cm³/mol. The summed E-state index contributed by atoms with van der Waals surface area (Å²) in [5, 5.41) is 0.436. The van der Waals surface area contributed by atoms with E-state index in [1.807, 2.05) is 30.3 Å². The fourth-order valence-electron chi connectivity index (χ4n) is 1.76. The van der Waals surface area contributed by atoms with Crippen LogP contribution in [0.15, 0.2) is 59.5 Å². The van der Waals surface area contributed by atoms with Gasteiger partial charge in [-0.3, -0.25) is 10.2 Å². The molecule has 2 rings (SSSR count). The third-order valence-corrected chi connectivity index (χ3v) is 4.45. The molecular formula is C15H15ClN2O3S. The van der Waals surface area contributed by atoms with E-state index in [4.69, 9.17) is 11.6 Å². The average Bonchev–Trinajstić information content (AvgIpc) is 2.52. The Kier molecular flexibility index (Phi) is 5.54. The summed E-state index contributed by atoms with van der Waals surface area (Å²) in [6, 6.07) is 15.1. The van der Waals surface area contributed by atoms with Gasteiger partial charge in [-0.1, -0.05) is 41.9 Å². The molecule has 0 unspecified atom stereocenters. The van der Waals surface area contributed by atoms with Crippen LogP contribution in [-0.2, 0) is 21.2 Å². The molecule has 0 aliphatic heterocycles. The lowest BCUT2D eigenvalue weighted by Crippen LogP contribution is -2.41. The number of nitrogens with one attached hydrogen (secondary N) is 2. The summed E-state index contributed by atoms with van der Waals surface area (Å²) in [6.45, 7) is 0. The van der Waals surface area contributed by atoms with Gasteiger partial charge < -0.3 is 0 Å². The maximum absolute atomic E-state index is 12.0. The molecular weight excluding hydrogens is 324 g/mol. The van der Waals surface area contributed by atoms with Gasteiger partial charge in [-0.2, -0.15) is 0 Å². The second-order valence-corrected chi connectivity index (χ2v) is 6.71. The smallest absolute Gasteiger partial charge is 0.257 e. The Morgan fingerprint density at radius 2 is 1.64 bits per heavy atom. The second kappa shape index (κ2) is 7.40. The summed E-state index contributed by atoms with van der Waals surface area (Å²) >= 11 is 5.70. The molecule has 116 valence electrons. The van der Waals surface area contributed by atoms with Crippen LogP contribution in [0.5, 0.6) is 0 Å². The van der Waals surface area contributed by atoms with E-state index in [9.17, 15) is 13.2 Å². The van der Waals surface area contributed by atoms with Crippen molar-refractivity contribution in [2.45, 2.75) is 17.7 Å². The van der Waals surface area contributed by atoms with Gasteiger partial charge in [0.2, 0.25) is 5.91 Å². The first kappa shape index (κ1) is 16.5. The number of carbonyl (C=O) groups is 1. The van der Waals surface area contributed by atoms with Gasteiger partial charge in [0, 0.05) is 11.4 Å². The highest BCUT2D eigenvalue weighted by Crippen LogP contribution is 2.13. The third-order valence-electron chi connectivity index (χ3n) is 2.93. The molecule has 0 radical (unpaired) electrons. The first-order valence-electron chi connectivity index (χ1n) is 6.57. The number of rotatable bonds is 6. The van der Waals surface area contributed by atoms with Crippen LogP contribution in [0.1, 0.15) is 12.0 Å². The van der Waals surface area contributed by atoms with Crippen molar-refractivity contribution >= 4 is 27.5 Å². The van der Waals surface area contributed by atoms with Gasteiger partial charge in [-0.25, -0.2) is 8.42 Å². The zero-order chi connectivity index (χ0) is 16.0. The van der Waals surface area contributed by atoms with Gasteiger partial charge in [0.15, 0.2) is 0 Å². The van der Waals surface area contributed by atoms with Crippen molar-refractivity contribution < 1.29 is 13.2 Å². The molecule has 0 saturated carbocycles. The van der Waals surface area contributed by atoms with Gasteiger partial charge in [-0.05, 0) is 36.2 Å². The number of hydrogen-bond donors (Lipinski definition) is 2. The van der Waals surface area contributed by atoms with E-state index in [1.54, 1.807) is 0 Å². The largest absolute Gasteiger partial charge is 0.278 e. The van der Waals surface area contributed by atoms with Crippen LogP contribution in [-0.4, -0.2) is 14.3 Å². The molecule has 5 nitrogen and oxygen atoms in total. The number of sulfonamides is 1. The Morgan fingerprint density at radius 1 is 1.00 bits per heavy atom. The van der Waals surface area contributed by atoms with E-state index in [1.165, 1.54) is 24.3 Å². The first-order chi connectivity index (χ1) is 10.5. The maximum atomic E-state index is 12.0. The molecule has 22 heavy (non-hydrogen) atoms. The van der Waals surface area contributed by atoms with Gasteiger partial charge in [0.05, 0.1) is 4.90 Å². The number of benzene rings is 2. The monoisotopic (exact) mass is 338 g/mol. The number of carbonyl (C=O) groups excluding carboxylic acids is 1. The fraction of sp³-hybridized carbons (Fsp3) is 0.133. The lowest BCUT2D eigenvalue weighted by Gasteiger charge is -2.08. The summed E-state index contributed by atoms with van der Waals surface area (Å²) in [5.41, 5.74) is 3.21. The molecule has 0 aliphatic rings. The zero-order valence-electron chi connectivity index (χ0n) is 11.6. The molecule has 0 aliphatic carbocycles. The molecule has 0 heterocycles. The molecule has 0 spiro atoms. The highest BCUT2D eigenvalue weighted by molar-refractivity contribution is 7.89. The maximum Gasteiger partial charge on any atom is 0.257 e. The van der Waals surface area contributed by atoms with Crippen LogP contribution in [0, 0.1) is 0 Å². The van der Waals surface area contributed by atoms with Crippen LogP contribution in [0.25, 0.3) is 0 Å². The lowest BCUT2D eigenvalue weighted by molar-refractivity contribution is -0.121. The van der Waals surface area contributed by atoms with Gasteiger partial charge in [-0.15, -0.1) is 4.83 Å². The quantitative estimate of drug-likeness (QED) is 0.793. The zero-order valence-corrected chi connectivity index (χ0v) is 13.2. The van der Waals surface area contributed by atoms with Crippen molar-refractivity contribution in [2.75, 3.05) is 0 Å². The van der Waals surface area contributed by atoms with E-state index in [0.29, 0.717) is 11.4 Å². The van der Waals surface area contributed by atoms with E-state index in [-0.39, 0.29) is 11.3 Å². The van der Waals surface area contributed by atoms with Crippen LogP contribution in [0.2, 0.25) is 5.02 Å². The highest BCUT2D eigenvalue weighted by Gasteiger charge is 2.14. The number of halogens is 1. The standard InChI is InChI=1S/C15H15ClN2O3S/c16-13-7-9-14(10-8-13)22(20,21)18-17-15(19)11-6-12-4-2-1-3-5-12/h1-5,7-10,18H,6,11H2,(H,17,19). The second-order valence-electron chi connectivity index (χ2n) is 4.59. The molecule has 0 aromatic heterocycles. The molecule has 2 aromatic carbocycles. The summed E-state index contributed by atoms with van der Waals surface area (Å²) in [4.78, 5) is 13.8. The Hall–Kier alpha value is -1.89. The molecule has 0 saturated heterocycles. The van der Waals surface area contributed by atoms with Gasteiger partial charge in [0.1, 0.15) is 0 Å². The summed E-state index contributed by atoms with van der Waals surface area (Å²) in [6.07, 6.45) is 0.725. The number of aryl methyl sites for hydroxylation is 1. The molecule has 7 heteroatoms. The summed E-state index contributed by atoms with van der Waals surface area (Å²) < 4.78 is 23.9. The van der Waals surface area contributed by atoms with Crippen molar-refractivity contribution in [1.82, 2.24) is 10.3 Å². The first-order valence-corrected chi connectivity index (χ1v) is 8.43. The van der Waals surface area contributed by atoms with E-state index in [0.717, 1.165) is 5.56 Å². The van der Waals surface area contributed by atoms with E-state index in [2.05, 4.69) is 10.3 Å².